The largest absolute Gasteiger partial charge is 0.366 e. The lowest BCUT2D eigenvalue weighted by Crippen LogP contribution is -2.24. The van der Waals surface area contributed by atoms with Crippen LogP contribution in [0.4, 0.5) is 0 Å². The molecule has 0 saturated heterocycles. The minimum Gasteiger partial charge on any atom is -0.366 e. The molecule has 1 amide bonds. The van der Waals surface area contributed by atoms with Gasteiger partial charge in [-0.15, -0.1) is 0 Å². The molecule has 0 bridgehead atoms. The Bertz CT molecular complexity index is 820. The fraction of sp³-hybridized carbons (Fsp3) is 0.0667. The second-order valence-corrected chi connectivity index (χ2v) is 6.02. The fourth-order valence-corrected chi connectivity index (χ4v) is 2.47. The number of hydrogen-bond donors (Lipinski definition) is 2. The predicted molar refractivity (Wildman–Crippen MR) is 81.3 cm³/mol. The Morgan fingerprint density at radius 1 is 1.23 bits per heavy atom. The number of primary amides is 1. The standard InChI is InChI=1S/C15H13N3O3S/c16-15(19)13-7-5-12(6-8-13)3-1-10-18-22(20,21)14-4-2-9-17-11-14/h2,4-9,11,18H,10H2,(H2,16,19). The summed E-state index contributed by atoms with van der Waals surface area (Å²) in [4.78, 5) is 14.8. The molecule has 0 aliphatic carbocycles. The van der Waals surface area contributed by atoms with Crippen LogP contribution in [0.25, 0.3) is 0 Å². The molecule has 0 atom stereocenters. The van der Waals surface area contributed by atoms with E-state index in [0.29, 0.717) is 11.1 Å². The van der Waals surface area contributed by atoms with Gasteiger partial charge in [-0.1, -0.05) is 11.8 Å². The Morgan fingerprint density at radius 2 is 1.95 bits per heavy atom. The van der Waals surface area contributed by atoms with Crippen molar-refractivity contribution in [2.75, 3.05) is 6.54 Å². The molecule has 0 aliphatic heterocycles. The lowest BCUT2D eigenvalue weighted by atomic mass is 10.1. The maximum atomic E-state index is 11.9. The molecule has 0 unspecified atom stereocenters. The van der Waals surface area contributed by atoms with Gasteiger partial charge >= 0.3 is 0 Å². The first-order chi connectivity index (χ1) is 10.5. The van der Waals surface area contributed by atoms with Crippen LogP contribution in [0.15, 0.2) is 53.7 Å². The third-order valence-corrected chi connectivity index (χ3v) is 4.08. The smallest absolute Gasteiger partial charge is 0.248 e. The van der Waals surface area contributed by atoms with Crippen molar-refractivity contribution >= 4 is 15.9 Å². The summed E-state index contributed by atoms with van der Waals surface area (Å²) >= 11 is 0. The zero-order chi connectivity index (χ0) is 16.0. The zero-order valence-corrected chi connectivity index (χ0v) is 12.3. The van der Waals surface area contributed by atoms with Crippen LogP contribution in [0.2, 0.25) is 0 Å². The number of carbonyl (C=O) groups is 1. The molecule has 0 spiro atoms. The average molecular weight is 315 g/mol. The van der Waals surface area contributed by atoms with E-state index in [1.165, 1.54) is 18.5 Å². The first-order valence-corrected chi connectivity index (χ1v) is 7.76. The van der Waals surface area contributed by atoms with E-state index >= 15 is 0 Å². The summed E-state index contributed by atoms with van der Waals surface area (Å²) in [5, 5.41) is 0. The number of benzene rings is 1. The van der Waals surface area contributed by atoms with Gasteiger partial charge in [0.2, 0.25) is 15.9 Å². The Balaban J connectivity index is 1.98. The number of aromatic nitrogens is 1. The number of nitrogens with two attached hydrogens (primary N) is 1. The summed E-state index contributed by atoms with van der Waals surface area (Å²) in [7, 11) is -3.61. The number of sulfonamides is 1. The lowest BCUT2D eigenvalue weighted by Gasteiger charge is -2.02. The highest BCUT2D eigenvalue weighted by molar-refractivity contribution is 7.89. The van der Waals surface area contributed by atoms with E-state index in [2.05, 4.69) is 21.5 Å². The lowest BCUT2D eigenvalue weighted by molar-refractivity contribution is 0.100. The van der Waals surface area contributed by atoms with Crippen LogP contribution in [0.1, 0.15) is 15.9 Å². The number of carbonyl (C=O) groups excluding carboxylic acids is 1. The number of pyridine rings is 1. The van der Waals surface area contributed by atoms with Crippen LogP contribution in [0.5, 0.6) is 0 Å². The van der Waals surface area contributed by atoms with E-state index in [9.17, 15) is 13.2 Å². The van der Waals surface area contributed by atoms with Gasteiger partial charge in [0.15, 0.2) is 0 Å². The highest BCUT2D eigenvalue weighted by Crippen LogP contribution is 2.04. The molecule has 2 rings (SSSR count). The Hall–Kier alpha value is -2.69. The van der Waals surface area contributed by atoms with E-state index in [-0.39, 0.29) is 11.4 Å². The van der Waals surface area contributed by atoms with Crippen molar-refractivity contribution in [3.8, 4) is 11.8 Å². The van der Waals surface area contributed by atoms with Gasteiger partial charge in [0.1, 0.15) is 4.90 Å². The highest BCUT2D eigenvalue weighted by atomic mass is 32.2. The monoisotopic (exact) mass is 315 g/mol. The van der Waals surface area contributed by atoms with Crippen molar-refractivity contribution in [1.82, 2.24) is 9.71 Å². The van der Waals surface area contributed by atoms with Crippen molar-refractivity contribution in [3.63, 3.8) is 0 Å². The summed E-state index contributed by atoms with van der Waals surface area (Å²) in [6, 6.07) is 9.40. The Kier molecular flexibility index (Phi) is 4.88. The van der Waals surface area contributed by atoms with Gasteiger partial charge in [-0.2, -0.15) is 4.72 Å². The van der Waals surface area contributed by atoms with E-state index in [0.717, 1.165) is 0 Å². The molecule has 0 fully saturated rings. The summed E-state index contributed by atoms with van der Waals surface area (Å²) in [5.41, 5.74) is 6.18. The van der Waals surface area contributed by atoms with Gasteiger partial charge < -0.3 is 5.73 Å². The quantitative estimate of drug-likeness (QED) is 0.802. The van der Waals surface area contributed by atoms with Gasteiger partial charge in [0.25, 0.3) is 0 Å². The number of hydrogen-bond acceptors (Lipinski definition) is 4. The topological polar surface area (TPSA) is 102 Å². The zero-order valence-electron chi connectivity index (χ0n) is 11.5. The third-order valence-electron chi connectivity index (χ3n) is 2.70. The van der Waals surface area contributed by atoms with Gasteiger partial charge in [0.05, 0.1) is 6.54 Å². The summed E-state index contributed by atoms with van der Waals surface area (Å²) in [6.45, 7) is -0.0329. The molecular weight excluding hydrogens is 302 g/mol. The predicted octanol–water partition coefficient (Wildman–Crippen LogP) is 0.510. The van der Waals surface area contributed by atoms with Gasteiger partial charge in [-0.25, -0.2) is 8.42 Å². The third kappa shape index (κ3) is 4.15. The van der Waals surface area contributed by atoms with Crippen LogP contribution in [-0.4, -0.2) is 25.9 Å². The molecule has 1 aromatic carbocycles. The van der Waals surface area contributed by atoms with Crippen LogP contribution in [0.3, 0.4) is 0 Å². The van der Waals surface area contributed by atoms with Crippen LogP contribution in [-0.2, 0) is 10.0 Å². The summed E-state index contributed by atoms with van der Waals surface area (Å²) < 4.78 is 26.1. The van der Waals surface area contributed by atoms with Crippen LogP contribution >= 0.6 is 0 Å². The molecule has 0 saturated carbocycles. The Labute approximate surface area is 128 Å². The maximum absolute atomic E-state index is 11.9. The van der Waals surface area contributed by atoms with Crippen molar-refractivity contribution < 1.29 is 13.2 Å². The van der Waals surface area contributed by atoms with E-state index in [4.69, 9.17) is 5.73 Å². The van der Waals surface area contributed by atoms with Crippen molar-refractivity contribution in [1.29, 1.82) is 0 Å². The first kappa shape index (κ1) is 15.7. The molecule has 112 valence electrons. The molecule has 2 aromatic rings. The average Bonchev–Trinajstić information content (AvgIpc) is 2.53. The normalized spacial score (nSPS) is 10.5. The number of rotatable bonds is 4. The first-order valence-electron chi connectivity index (χ1n) is 6.27. The van der Waals surface area contributed by atoms with E-state index in [1.54, 1.807) is 30.3 Å². The second-order valence-electron chi connectivity index (χ2n) is 4.26. The molecule has 0 radical (unpaired) electrons. The summed E-state index contributed by atoms with van der Waals surface area (Å²) in [5.74, 6) is 4.98. The minimum absolute atomic E-state index is 0.0329. The van der Waals surface area contributed by atoms with Gasteiger partial charge in [-0.05, 0) is 36.4 Å². The highest BCUT2D eigenvalue weighted by Gasteiger charge is 2.11. The number of nitrogens with zero attached hydrogens (tertiary/aromatic N) is 1. The molecule has 1 heterocycles. The molecular formula is C15H13N3O3S. The van der Waals surface area contributed by atoms with Gasteiger partial charge in [0, 0.05) is 23.5 Å². The van der Waals surface area contributed by atoms with Crippen LogP contribution < -0.4 is 10.5 Å². The van der Waals surface area contributed by atoms with E-state index < -0.39 is 15.9 Å². The SMILES string of the molecule is NC(=O)c1ccc(C#CCNS(=O)(=O)c2cccnc2)cc1. The molecule has 0 aliphatic rings. The molecule has 3 N–H and O–H groups in total. The fourth-order valence-electron chi connectivity index (χ4n) is 1.58. The molecule has 1 aromatic heterocycles. The molecule has 7 heteroatoms. The van der Waals surface area contributed by atoms with Crippen molar-refractivity contribution in [2.24, 2.45) is 5.73 Å². The number of amides is 1. The van der Waals surface area contributed by atoms with Crippen molar-refractivity contribution in [2.45, 2.75) is 4.90 Å². The van der Waals surface area contributed by atoms with Gasteiger partial charge in [-0.3, -0.25) is 9.78 Å². The van der Waals surface area contributed by atoms with Crippen molar-refractivity contribution in [3.05, 3.63) is 59.9 Å². The van der Waals surface area contributed by atoms with E-state index in [1.807, 2.05) is 0 Å². The maximum Gasteiger partial charge on any atom is 0.248 e. The number of nitrogens with one attached hydrogen (secondary N) is 1. The summed E-state index contributed by atoms with van der Waals surface area (Å²) in [6.07, 6.45) is 2.76. The molecule has 22 heavy (non-hydrogen) atoms. The minimum atomic E-state index is -3.61. The Morgan fingerprint density at radius 3 is 2.55 bits per heavy atom. The molecule has 6 nitrogen and oxygen atoms in total. The van der Waals surface area contributed by atoms with Crippen LogP contribution in [0, 0.1) is 11.8 Å². The second kappa shape index (κ2) is 6.85.